The molecule has 0 bridgehead atoms. The summed E-state index contributed by atoms with van der Waals surface area (Å²) in [5.41, 5.74) is 8.68. The maximum atomic E-state index is 11.1. The number of hydrogen-bond acceptors (Lipinski definition) is 3. The number of esters is 1. The second kappa shape index (κ2) is 4.50. The summed E-state index contributed by atoms with van der Waals surface area (Å²) in [5.74, 6) is -0.565. The summed E-state index contributed by atoms with van der Waals surface area (Å²) in [6.45, 7) is 0. The molecule has 6 heteroatoms. The van der Waals surface area contributed by atoms with Crippen LogP contribution < -0.4 is 0 Å². The first-order valence-electron chi connectivity index (χ1n) is 3.62. The molecule has 1 aromatic rings. The van der Waals surface area contributed by atoms with E-state index in [0.717, 1.165) is 0 Å². The lowest BCUT2D eigenvalue weighted by molar-refractivity contribution is 0.0601. The van der Waals surface area contributed by atoms with E-state index in [2.05, 4.69) is 14.8 Å². The first-order valence-corrected chi connectivity index (χ1v) is 4.00. The second-order valence-corrected chi connectivity index (χ2v) is 2.75. The fraction of sp³-hybridized carbons (Fsp3) is 0.125. The van der Waals surface area contributed by atoms with E-state index in [9.17, 15) is 4.79 Å². The Morgan fingerprint density at radius 1 is 1.64 bits per heavy atom. The minimum Gasteiger partial charge on any atom is -0.465 e. The van der Waals surface area contributed by atoms with Crippen LogP contribution in [0.5, 0.6) is 0 Å². The predicted molar refractivity (Wildman–Crippen MR) is 51.6 cm³/mol. The Bertz CT molecular complexity index is 413. The summed E-state index contributed by atoms with van der Waals surface area (Å²) in [5, 5.41) is 3.60. The standard InChI is InChI=1S/C8H6ClN3O2/c1-14-8(13)6-4-5(11-12-10)2-3-7(6)9/h2-4H,1H3. The summed E-state index contributed by atoms with van der Waals surface area (Å²) in [6, 6.07) is 4.35. The monoisotopic (exact) mass is 211 g/mol. The van der Waals surface area contributed by atoms with Crippen molar-refractivity contribution < 1.29 is 9.53 Å². The highest BCUT2D eigenvalue weighted by atomic mass is 35.5. The van der Waals surface area contributed by atoms with Crippen molar-refractivity contribution in [2.24, 2.45) is 5.11 Å². The molecule has 0 saturated carbocycles. The highest BCUT2D eigenvalue weighted by Crippen LogP contribution is 2.23. The summed E-state index contributed by atoms with van der Waals surface area (Å²) >= 11 is 5.73. The molecule has 0 spiro atoms. The zero-order chi connectivity index (χ0) is 10.6. The Hall–Kier alpha value is -1.71. The van der Waals surface area contributed by atoms with Gasteiger partial charge in [-0.1, -0.05) is 22.8 Å². The van der Waals surface area contributed by atoms with Crippen molar-refractivity contribution in [1.82, 2.24) is 0 Å². The van der Waals surface area contributed by atoms with Crippen LogP contribution in [0.4, 0.5) is 5.69 Å². The molecular weight excluding hydrogens is 206 g/mol. The molecule has 0 atom stereocenters. The number of carbonyl (C=O) groups excluding carboxylic acids is 1. The Morgan fingerprint density at radius 2 is 2.36 bits per heavy atom. The summed E-state index contributed by atoms with van der Waals surface area (Å²) in [7, 11) is 1.25. The van der Waals surface area contributed by atoms with Gasteiger partial charge in [0.2, 0.25) is 0 Å². The first-order chi connectivity index (χ1) is 6.69. The largest absolute Gasteiger partial charge is 0.465 e. The van der Waals surface area contributed by atoms with Gasteiger partial charge in [0.1, 0.15) is 0 Å². The highest BCUT2D eigenvalue weighted by molar-refractivity contribution is 6.33. The minimum atomic E-state index is -0.565. The molecule has 0 aliphatic rings. The molecule has 0 aromatic heterocycles. The predicted octanol–water partition coefficient (Wildman–Crippen LogP) is 3.07. The van der Waals surface area contributed by atoms with Gasteiger partial charge in [-0.25, -0.2) is 4.79 Å². The number of azide groups is 1. The molecule has 1 rings (SSSR count). The maximum Gasteiger partial charge on any atom is 0.339 e. The lowest BCUT2D eigenvalue weighted by Crippen LogP contribution is -2.01. The van der Waals surface area contributed by atoms with Gasteiger partial charge in [-0.3, -0.25) is 0 Å². The number of methoxy groups -OCH3 is 1. The van der Waals surface area contributed by atoms with Gasteiger partial charge in [0.05, 0.1) is 17.7 Å². The van der Waals surface area contributed by atoms with E-state index in [4.69, 9.17) is 17.1 Å². The van der Waals surface area contributed by atoms with Gasteiger partial charge < -0.3 is 4.74 Å². The quantitative estimate of drug-likeness (QED) is 0.326. The number of ether oxygens (including phenoxy) is 1. The van der Waals surface area contributed by atoms with Crippen LogP contribution in [0.3, 0.4) is 0 Å². The highest BCUT2D eigenvalue weighted by Gasteiger charge is 2.10. The SMILES string of the molecule is COC(=O)c1cc(N=[N+]=[N-])ccc1Cl. The van der Waals surface area contributed by atoms with E-state index in [-0.39, 0.29) is 10.6 Å². The van der Waals surface area contributed by atoms with Gasteiger partial charge in [-0.15, -0.1) is 0 Å². The van der Waals surface area contributed by atoms with Crippen molar-refractivity contribution in [1.29, 1.82) is 0 Å². The molecule has 0 amide bonds. The fourth-order valence-electron chi connectivity index (χ4n) is 0.893. The summed E-state index contributed by atoms with van der Waals surface area (Å²) in [6.07, 6.45) is 0. The van der Waals surface area contributed by atoms with Crippen LogP contribution in [0.15, 0.2) is 23.3 Å². The molecule has 72 valence electrons. The summed E-state index contributed by atoms with van der Waals surface area (Å²) in [4.78, 5) is 13.7. The van der Waals surface area contributed by atoms with Crippen LogP contribution in [-0.2, 0) is 4.74 Å². The van der Waals surface area contributed by atoms with Crippen molar-refractivity contribution >= 4 is 23.3 Å². The minimum absolute atomic E-state index is 0.180. The molecule has 0 heterocycles. The van der Waals surface area contributed by atoms with E-state index < -0.39 is 5.97 Å². The van der Waals surface area contributed by atoms with Crippen LogP contribution in [0, 0.1) is 0 Å². The van der Waals surface area contributed by atoms with Gasteiger partial charge in [0.15, 0.2) is 0 Å². The Labute approximate surface area is 84.9 Å². The van der Waals surface area contributed by atoms with Crippen molar-refractivity contribution in [2.45, 2.75) is 0 Å². The normalized spacial score (nSPS) is 9.00. The molecule has 0 unspecified atom stereocenters. The number of benzene rings is 1. The molecule has 1 aromatic carbocycles. The number of rotatable bonds is 2. The number of carbonyl (C=O) groups is 1. The van der Waals surface area contributed by atoms with E-state index in [0.29, 0.717) is 5.69 Å². The van der Waals surface area contributed by atoms with Gasteiger partial charge in [0, 0.05) is 10.6 Å². The van der Waals surface area contributed by atoms with Crippen molar-refractivity contribution in [3.8, 4) is 0 Å². The van der Waals surface area contributed by atoms with Crippen LogP contribution in [0.2, 0.25) is 5.02 Å². The van der Waals surface area contributed by atoms with Crippen molar-refractivity contribution in [3.05, 3.63) is 39.2 Å². The van der Waals surface area contributed by atoms with E-state index in [1.807, 2.05) is 0 Å². The van der Waals surface area contributed by atoms with Gasteiger partial charge >= 0.3 is 5.97 Å². The molecule has 5 nitrogen and oxygen atoms in total. The van der Waals surface area contributed by atoms with Gasteiger partial charge in [-0.05, 0) is 17.7 Å². The van der Waals surface area contributed by atoms with E-state index in [1.165, 1.54) is 25.3 Å². The van der Waals surface area contributed by atoms with Crippen LogP contribution in [-0.4, -0.2) is 13.1 Å². The zero-order valence-electron chi connectivity index (χ0n) is 7.27. The third-order valence-electron chi connectivity index (χ3n) is 1.52. The molecule has 0 aliphatic heterocycles. The zero-order valence-corrected chi connectivity index (χ0v) is 8.02. The molecule has 0 saturated heterocycles. The lowest BCUT2D eigenvalue weighted by Gasteiger charge is -2.02. The van der Waals surface area contributed by atoms with Crippen molar-refractivity contribution in [3.63, 3.8) is 0 Å². The molecule has 0 radical (unpaired) electrons. The maximum absolute atomic E-state index is 11.1. The van der Waals surface area contributed by atoms with Crippen LogP contribution in [0.25, 0.3) is 10.4 Å². The smallest absolute Gasteiger partial charge is 0.339 e. The van der Waals surface area contributed by atoms with Crippen molar-refractivity contribution in [2.75, 3.05) is 7.11 Å². The number of nitrogens with zero attached hydrogens (tertiary/aromatic N) is 3. The van der Waals surface area contributed by atoms with Crippen LogP contribution >= 0.6 is 11.6 Å². The van der Waals surface area contributed by atoms with E-state index >= 15 is 0 Å². The lowest BCUT2D eigenvalue weighted by atomic mass is 10.2. The Morgan fingerprint density at radius 3 is 2.93 bits per heavy atom. The van der Waals surface area contributed by atoms with Gasteiger partial charge in [-0.2, -0.15) is 0 Å². The third kappa shape index (κ3) is 2.16. The molecule has 0 N–H and O–H groups in total. The van der Waals surface area contributed by atoms with E-state index in [1.54, 1.807) is 0 Å². The number of halogens is 1. The molecule has 14 heavy (non-hydrogen) atoms. The average Bonchev–Trinajstić information content (AvgIpc) is 2.20. The Kier molecular flexibility index (Phi) is 3.34. The number of hydrogen-bond donors (Lipinski definition) is 0. The molecule has 0 fully saturated rings. The Balaban J connectivity index is 3.20. The van der Waals surface area contributed by atoms with Crippen LogP contribution in [0.1, 0.15) is 10.4 Å². The first kappa shape index (κ1) is 10.4. The molecule has 0 aliphatic carbocycles. The topological polar surface area (TPSA) is 75.1 Å². The molecular formula is C8H6ClN3O2. The third-order valence-corrected chi connectivity index (χ3v) is 1.85. The fourth-order valence-corrected chi connectivity index (χ4v) is 1.09. The van der Waals surface area contributed by atoms with Gasteiger partial charge in [0.25, 0.3) is 0 Å². The summed E-state index contributed by atoms with van der Waals surface area (Å²) < 4.78 is 4.49. The average molecular weight is 212 g/mol. The second-order valence-electron chi connectivity index (χ2n) is 2.35.